The first-order chi connectivity index (χ1) is 24.4. The van der Waals surface area contributed by atoms with E-state index in [-0.39, 0.29) is 17.0 Å². The van der Waals surface area contributed by atoms with Crippen molar-refractivity contribution in [2.75, 3.05) is 0 Å². The first-order valence-electron chi connectivity index (χ1n) is 20.9. The van der Waals surface area contributed by atoms with Gasteiger partial charge < -0.3 is 9.47 Å². The Labute approximate surface area is 320 Å². The number of ether oxygens (including phenoxy) is 2. The van der Waals surface area contributed by atoms with Crippen molar-refractivity contribution in [1.82, 2.24) is 0 Å². The van der Waals surface area contributed by atoms with Crippen molar-refractivity contribution >= 4 is 5.97 Å². The second kappa shape index (κ2) is 20.0. The Morgan fingerprint density at radius 3 is 2.06 bits per heavy atom. The minimum atomic E-state index is -0.341. The summed E-state index contributed by atoms with van der Waals surface area (Å²) in [6.45, 7) is 29.1. The van der Waals surface area contributed by atoms with Gasteiger partial charge in [-0.3, -0.25) is 0 Å². The van der Waals surface area contributed by atoms with Crippen LogP contribution in [-0.2, 0) is 11.2 Å². The average molecular weight is 713 g/mol. The zero-order chi connectivity index (χ0) is 38.6. The number of esters is 1. The van der Waals surface area contributed by atoms with Gasteiger partial charge >= 0.3 is 5.97 Å². The van der Waals surface area contributed by atoms with Crippen molar-refractivity contribution in [2.24, 2.45) is 23.2 Å². The zero-order valence-electron chi connectivity index (χ0n) is 35.8. The molecule has 1 aliphatic carbocycles. The van der Waals surface area contributed by atoms with Crippen LogP contribution in [0.15, 0.2) is 58.7 Å². The van der Waals surface area contributed by atoms with E-state index in [2.05, 4.69) is 101 Å². The number of carbonyl (C=O) groups is 1. The van der Waals surface area contributed by atoms with Gasteiger partial charge in [0.2, 0.25) is 0 Å². The molecule has 1 aliphatic heterocycles. The molecule has 1 aromatic rings. The lowest BCUT2D eigenvalue weighted by molar-refractivity contribution is -0.129. The number of rotatable bonds is 18. The fourth-order valence-electron chi connectivity index (χ4n) is 8.41. The number of fused-ring (bicyclic) bond motifs is 1. The van der Waals surface area contributed by atoms with E-state index in [1.54, 1.807) is 6.08 Å². The maximum Gasteiger partial charge on any atom is 0.336 e. The van der Waals surface area contributed by atoms with Crippen LogP contribution < -0.4 is 9.47 Å². The second-order valence-corrected chi connectivity index (χ2v) is 18.3. The molecule has 2 aliphatic rings. The van der Waals surface area contributed by atoms with Gasteiger partial charge in [0.05, 0.1) is 0 Å². The molecular weight excluding hydrogens is 637 g/mol. The summed E-state index contributed by atoms with van der Waals surface area (Å²) in [5.74, 6) is 3.80. The summed E-state index contributed by atoms with van der Waals surface area (Å²) >= 11 is 0. The molecule has 3 unspecified atom stereocenters. The van der Waals surface area contributed by atoms with Crippen LogP contribution in [0.25, 0.3) is 0 Å². The number of allylic oxidation sites excluding steroid dienone is 9. The maximum absolute atomic E-state index is 13.1. The van der Waals surface area contributed by atoms with E-state index in [0.717, 1.165) is 65.0 Å². The van der Waals surface area contributed by atoms with Gasteiger partial charge in [-0.2, -0.15) is 0 Å². The predicted molar refractivity (Wildman–Crippen MR) is 224 cm³/mol. The summed E-state index contributed by atoms with van der Waals surface area (Å²) in [4.78, 5) is 13.1. The SMILES string of the molecule is CC1=C(/C=C/C(C)=C\C=C\C(C)=C\C(=O)Oc2c(C)c(C)c3c(c2C)CCC(C)(CCCC(C)CCCC(C)CCCC(C)C)O3)C(C)(C)CCC1. The molecule has 0 amide bonds. The van der Waals surface area contributed by atoms with E-state index in [9.17, 15) is 4.79 Å². The molecule has 0 saturated carbocycles. The lowest BCUT2D eigenvalue weighted by atomic mass is 9.72. The van der Waals surface area contributed by atoms with Crippen LogP contribution in [0.1, 0.15) is 175 Å². The first kappa shape index (κ1) is 43.6. The summed E-state index contributed by atoms with van der Waals surface area (Å²) in [5.41, 5.74) is 9.38. The van der Waals surface area contributed by atoms with Crippen LogP contribution in [0, 0.1) is 43.9 Å². The van der Waals surface area contributed by atoms with E-state index in [0.29, 0.717) is 5.75 Å². The van der Waals surface area contributed by atoms with Crippen molar-refractivity contribution in [1.29, 1.82) is 0 Å². The van der Waals surface area contributed by atoms with Crippen LogP contribution in [-0.4, -0.2) is 11.6 Å². The zero-order valence-corrected chi connectivity index (χ0v) is 35.8. The van der Waals surface area contributed by atoms with Gasteiger partial charge in [-0.05, 0) is 144 Å². The van der Waals surface area contributed by atoms with Crippen LogP contribution in [0.4, 0.5) is 0 Å². The third kappa shape index (κ3) is 13.2. The Morgan fingerprint density at radius 2 is 1.42 bits per heavy atom. The summed E-state index contributed by atoms with van der Waals surface area (Å²) in [6.07, 6.45) is 29.5. The number of hydrogen-bond donors (Lipinski definition) is 0. The van der Waals surface area contributed by atoms with E-state index in [1.165, 1.54) is 92.9 Å². The number of carbonyl (C=O) groups excluding carboxylic acids is 1. The Balaban J connectivity index is 1.54. The van der Waals surface area contributed by atoms with Crippen LogP contribution >= 0.6 is 0 Å². The molecule has 0 radical (unpaired) electrons. The molecule has 0 fully saturated rings. The van der Waals surface area contributed by atoms with E-state index < -0.39 is 0 Å². The molecule has 0 saturated heterocycles. The fraction of sp³-hybridized carbons (Fsp3) is 0.653. The highest BCUT2D eigenvalue weighted by molar-refractivity contribution is 5.86. The third-order valence-corrected chi connectivity index (χ3v) is 12.2. The van der Waals surface area contributed by atoms with E-state index in [1.807, 2.05) is 19.1 Å². The second-order valence-electron chi connectivity index (χ2n) is 18.3. The molecule has 0 spiro atoms. The Bertz CT molecular complexity index is 1510. The smallest absolute Gasteiger partial charge is 0.336 e. The summed E-state index contributed by atoms with van der Waals surface area (Å²) in [7, 11) is 0. The normalized spacial score (nSPS) is 20.8. The fourth-order valence-corrected chi connectivity index (χ4v) is 8.41. The highest BCUT2D eigenvalue weighted by atomic mass is 16.5. The molecule has 3 heteroatoms. The number of hydrogen-bond acceptors (Lipinski definition) is 3. The molecule has 3 atom stereocenters. The van der Waals surface area contributed by atoms with Crippen molar-refractivity contribution in [2.45, 2.75) is 186 Å². The highest BCUT2D eigenvalue weighted by Gasteiger charge is 2.35. The molecular formula is C49H76O3. The Kier molecular flexibility index (Phi) is 16.8. The minimum absolute atomic E-state index is 0.156. The van der Waals surface area contributed by atoms with Crippen molar-refractivity contribution in [3.05, 3.63) is 81.0 Å². The molecule has 1 aromatic carbocycles. The van der Waals surface area contributed by atoms with Crippen molar-refractivity contribution < 1.29 is 14.3 Å². The summed E-state index contributed by atoms with van der Waals surface area (Å²) < 4.78 is 12.9. The van der Waals surface area contributed by atoms with Crippen LogP contribution in [0.2, 0.25) is 0 Å². The largest absolute Gasteiger partial charge is 0.487 e. The van der Waals surface area contributed by atoms with Gasteiger partial charge in [0.15, 0.2) is 0 Å². The molecule has 0 aromatic heterocycles. The quantitative estimate of drug-likeness (QED) is 0.0658. The monoisotopic (exact) mass is 713 g/mol. The predicted octanol–water partition coefficient (Wildman–Crippen LogP) is 14.6. The molecule has 3 rings (SSSR count). The molecule has 52 heavy (non-hydrogen) atoms. The third-order valence-electron chi connectivity index (χ3n) is 12.2. The molecule has 3 nitrogen and oxygen atoms in total. The number of benzene rings is 1. The van der Waals surface area contributed by atoms with Gasteiger partial charge in [0.1, 0.15) is 17.1 Å². The van der Waals surface area contributed by atoms with Gasteiger partial charge in [-0.25, -0.2) is 4.79 Å². The van der Waals surface area contributed by atoms with Crippen molar-refractivity contribution in [3.63, 3.8) is 0 Å². The van der Waals surface area contributed by atoms with Gasteiger partial charge in [0, 0.05) is 11.6 Å². The average Bonchev–Trinajstić information content (AvgIpc) is 3.05. The Hall–Kier alpha value is -2.81. The standard InChI is InChI=1S/C49H76O3/c1-34(2)19-14-20-35(3)21-15-22-36(4)25-17-31-49(13)32-29-43-42(10)46(40(8)41(9)47(43)52-49)51-45(50)33-38(6)24-16-23-37(5)27-28-44-39(7)26-18-30-48(44,11)12/h16,23-24,27-28,33-36H,14-15,17-22,25-26,29-32H2,1-13H3/b24-16+,28-27+,37-23-,38-33+. The lowest BCUT2D eigenvalue weighted by Crippen LogP contribution is -2.37. The topological polar surface area (TPSA) is 35.5 Å². The summed E-state index contributed by atoms with van der Waals surface area (Å²) in [5, 5.41) is 0. The molecule has 0 bridgehead atoms. The minimum Gasteiger partial charge on any atom is -0.487 e. The summed E-state index contributed by atoms with van der Waals surface area (Å²) in [6, 6.07) is 0. The molecule has 290 valence electrons. The van der Waals surface area contributed by atoms with E-state index >= 15 is 0 Å². The molecule has 0 N–H and O–H groups in total. The van der Waals surface area contributed by atoms with Crippen LogP contribution in [0.3, 0.4) is 0 Å². The van der Waals surface area contributed by atoms with Crippen molar-refractivity contribution in [3.8, 4) is 11.5 Å². The Morgan fingerprint density at radius 1 is 0.788 bits per heavy atom. The molecule has 1 heterocycles. The maximum atomic E-state index is 13.1. The van der Waals surface area contributed by atoms with Gasteiger partial charge in [0.25, 0.3) is 0 Å². The van der Waals surface area contributed by atoms with Gasteiger partial charge in [-0.1, -0.05) is 128 Å². The highest BCUT2D eigenvalue weighted by Crippen LogP contribution is 2.45. The lowest BCUT2D eigenvalue weighted by Gasteiger charge is -2.38. The van der Waals surface area contributed by atoms with Gasteiger partial charge in [-0.15, -0.1) is 0 Å². The van der Waals surface area contributed by atoms with Crippen LogP contribution in [0.5, 0.6) is 11.5 Å². The van der Waals surface area contributed by atoms with E-state index in [4.69, 9.17) is 9.47 Å². The first-order valence-corrected chi connectivity index (χ1v) is 20.9.